The lowest BCUT2D eigenvalue weighted by atomic mass is 10.0. The number of rotatable bonds is 4. The quantitative estimate of drug-likeness (QED) is 0.683. The topological polar surface area (TPSA) is 81.5 Å². The van der Waals surface area contributed by atoms with Crippen LogP contribution in [0.3, 0.4) is 0 Å². The Bertz CT molecular complexity index is 535. The molecule has 0 spiro atoms. The molecule has 1 fully saturated rings. The maximum Gasteiger partial charge on any atom is 0.300 e. The van der Waals surface area contributed by atoms with Gasteiger partial charge in [-0.3, -0.25) is 14.9 Å². The van der Waals surface area contributed by atoms with Crippen molar-refractivity contribution in [1.82, 2.24) is 5.32 Å². The van der Waals surface area contributed by atoms with Gasteiger partial charge >= 0.3 is 5.69 Å². The molecule has 0 saturated carbocycles. The van der Waals surface area contributed by atoms with Gasteiger partial charge in [-0.15, -0.1) is 0 Å². The Kier molecular flexibility index (Phi) is 4.57. The summed E-state index contributed by atoms with van der Waals surface area (Å²) in [6, 6.07) is 4.31. The van der Waals surface area contributed by atoms with Crippen molar-refractivity contribution in [2.75, 3.05) is 13.2 Å². The van der Waals surface area contributed by atoms with Crippen molar-refractivity contribution in [2.24, 2.45) is 5.92 Å². The molecule has 2 atom stereocenters. The highest BCUT2D eigenvalue weighted by atomic mass is 35.5. The summed E-state index contributed by atoms with van der Waals surface area (Å²) in [5.41, 5.74) is -0.378. The number of hydrogen-bond acceptors (Lipinski definition) is 4. The third kappa shape index (κ3) is 3.08. The molecule has 2 rings (SSSR count). The molecule has 1 N–H and O–H groups in total. The minimum absolute atomic E-state index is 0.0194. The number of nitro benzene ring substituents is 1. The average molecular weight is 299 g/mol. The van der Waals surface area contributed by atoms with Gasteiger partial charge in [-0.2, -0.15) is 0 Å². The van der Waals surface area contributed by atoms with Gasteiger partial charge in [0.1, 0.15) is 10.6 Å². The van der Waals surface area contributed by atoms with Gasteiger partial charge in [-0.25, -0.2) is 0 Å². The first-order valence-electron chi connectivity index (χ1n) is 6.33. The maximum atomic E-state index is 12.1. The molecule has 6 nitrogen and oxygen atoms in total. The molecule has 1 aliphatic heterocycles. The van der Waals surface area contributed by atoms with E-state index in [1.807, 2.05) is 6.92 Å². The number of benzene rings is 1. The zero-order valence-electron chi connectivity index (χ0n) is 11.0. The number of carbonyl (C=O) groups excluding carboxylic acids is 1. The van der Waals surface area contributed by atoms with Gasteiger partial charge in [0.25, 0.3) is 5.91 Å². The SMILES string of the molecule is CC1OCCC1CNC(=O)c1cccc(Cl)c1[N+](=O)[O-]. The van der Waals surface area contributed by atoms with Gasteiger partial charge in [0.15, 0.2) is 0 Å². The molecule has 0 aliphatic carbocycles. The first-order chi connectivity index (χ1) is 9.50. The Balaban J connectivity index is 2.09. The fourth-order valence-electron chi connectivity index (χ4n) is 2.25. The highest BCUT2D eigenvalue weighted by Gasteiger charge is 2.27. The van der Waals surface area contributed by atoms with Crippen LogP contribution in [-0.4, -0.2) is 30.1 Å². The van der Waals surface area contributed by atoms with E-state index in [1.54, 1.807) is 0 Å². The molecule has 1 heterocycles. The van der Waals surface area contributed by atoms with E-state index in [2.05, 4.69) is 5.32 Å². The summed E-state index contributed by atoms with van der Waals surface area (Å²) in [6.45, 7) is 3.06. The molecule has 0 bridgehead atoms. The summed E-state index contributed by atoms with van der Waals surface area (Å²) in [5, 5.41) is 13.7. The fourth-order valence-corrected chi connectivity index (χ4v) is 2.49. The molecular formula is C13H15ClN2O4. The van der Waals surface area contributed by atoms with Crippen molar-refractivity contribution in [1.29, 1.82) is 0 Å². The maximum absolute atomic E-state index is 12.1. The van der Waals surface area contributed by atoms with Crippen LogP contribution in [0.5, 0.6) is 0 Å². The van der Waals surface area contributed by atoms with Crippen molar-refractivity contribution in [3.05, 3.63) is 38.9 Å². The Morgan fingerprint density at radius 1 is 1.60 bits per heavy atom. The van der Waals surface area contributed by atoms with Crippen molar-refractivity contribution in [3.63, 3.8) is 0 Å². The van der Waals surface area contributed by atoms with Gasteiger partial charge in [0.05, 0.1) is 11.0 Å². The minimum atomic E-state index is -0.640. The first-order valence-corrected chi connectivity index (χ1v) is 6.71. The van der Waals surface area contributed by atoms with Crippen LogP contribution >= 0.6 is 11.6 Å². The number of amides is 1. The predicted octanol–water partition coefficient (Wildman–Crippen LogP) is 2.40. The molecular weight excluding hydrogens is 284 g/mol. The molecule has 1 aliphatic rings. The van der Waals surface area contributed by atoms with Crippen LogP contribution in [0.25, 0.3) is 0 Å². The standard InChI is InChI=1S/C13H15ClN2O4/c1-8-9(5-6-20-8)7-15-13(17)10-3-2-4-11(14)12(10)16(18)19/h2-4,8-9H,5-7H2,1H3,(H,15,17). The number of hydrogen-bond donors (Lipinski definition) is 1. The molecule has 7 heteroatoms. The number of nitro groups is 1. The third-order valence-corrected chi connectivity index (χ3v) is 3.78. The van der Waals surface area contributed by atoms with Crippen molar-refractivity contribution in [2.45, 2.75) is 19.4 Å². The van der Waals surface area contributed by atoms with Gasteiger partial charge < -0.3 is 10.1 Å². The lowest BCUT2D eigenvalue weighted by molar-refractivity contribution is -0.385. The Morgan fingerprint density at radius 3 is 2.95 bits per heavy atom. The summed E-state index contributed by atoms with van der Waals surface area (Å²) < 4.78 is 5.40. The van der Waals surface area contributed by atoms with E-state index in [9.17, 15) is 14.9 Å². The van der Waals surface area contributed by atoms with E-state index in [0.29, 0.717) is 13.2 Å². The number of carbonyl (C=O) groups is 1. The highest BCUT2D eigenvalue weighted by molar-refractivity contribution is 6.33. The van der Waals surface area contributed by atoms with Gasteiger partial charge in [0.2, 0.25) is 0 Å². The summed E-state index contributed by atoms with van der Waals surface area (Å²) >= 11 is 5.78. The minimum Gasteiger partial charge on any atom is -0.378 e. The van der Waals surface area contributed by atoms with Crippen molar-refractivity contribution < 1.29 is 14.5 Å². The number of ether oxygens (including phenoxy) is 1. The highest BCUT2D eigenvalue weighted by Crippen LogP contribution is 2.28. The molecule has 1 aromatic carbocycles. The number of halogens is 1. The van der Waals surface area contributed by atoms with Crippen LogP contribution in [-0.2, 0) is 4.74 Å². The van der Waals surface area contributed by atoms with E-state index in [4.69, 9.17) is 16.3 Å². The molecule has 0 aromatic heterocycles. The zero-order chi connectivity index (χ0) is 14.7. The molecule has 1 aromatic rings. The largest absolute Gasteiger partial charge is 0.378 e. The van der Waals surface area contributed by atoms with Crippen LogP contribution in [0, 0.1) is 16.0 Å². The van der Waals surface area contributed by atoms with E-state index >= 15 is 0 Å². The summed E-state index contributed by atoms with van der Waals surface area (Å²) in [4.78, 5) is 22.4. The van der Waals surface area contributed by atoms with Crippen molar-refractivity contribution >= 4 is 23.2 Å². The Hall–Kier alpha value is -1.66. The van der Waals surface area contributed by atoms with Crippen LogP contribution in [0.1, 0.15) is 23.7 Å². The second kappa shape index (κ2) is 6.19. The van der Waals surface area contributed by atoms with E-state index in [0.717, 1.165) is 6.42 Å². The number of nitrogens with zero attached hydrogens (tertiary/aromatic N) is 1. The second-order valence-corrected chi connectivity index (χ2v) is 5.14. The molecule has 2 unspecified atom stereocenters. The van der Waals surface area contributed by atoms with Crippen molar-refractivity contribution in [3.8, 4) is 0 Å². The summed E-state index contributed by atoms with van der Waals surface area (Å²) in [5.74, 6) is -0.254. The van der Waals surface area contributed by atoms with Crippen LogP contribution in [0.15, 0.2) is 18.2 Å². The van der Waals surface area contributed by atoms with Gasteiger partial charge in [-0.05, 0) is 25.5 Å². The second-order valence-electron chi connectivity index (χ2n) is 4.73. The Morgan fingerprint density at radius 2 is 2.35 bits per heavy atom. The van der Waals surface area contributed by atoms with E-state index in [-0.39, 0.29) is 28.3 Å². The lowest BCUT2D eigenvalue weighted by Gasteiger charge is -2.14. The molecule has 108 valence electrons. The Labute approximate surface area is 121 Å². The molecule has 0 radical (unpaired) electrons. The monoisotopic (exact) mass is 298 g/mol. The first kappa shape index (κ1) is 14.7. The molecule has 20 heavy (non-hydrogen) atoms. The number of para-hydroxylation sites is 1. The third-order valence-electron chi connectivity index (χ3n) is 3.47. The fraction of sp³-hybridized carbons (Fsp3) is 0.462. The van der Waals surface area contributed by atoms with E-state index < -0.39 is 10.8 Å². The smallest absolute Gasteiger partial charge is 0.300 e. The summed E-state index contributed by atoms with van der Waals surface area (Å²) in [7, 11) is 0. The zero-order valence-corrected chi connectivity index (χ0v) is 11.7. The van der Waals surface area contributed by atoms with Crippen LogP contribution in [0.2, 0.25) is 5.02 Å². The van der Waals surface area contributed by atoms with E-state index in [1.165, 1.54) is 18.2 Å². The van der Waals surface area contributed by atoms with Crippen LogP contribution in [0.4, 0.5) is 5.69 Å². The summed E-state index contributed by atoms with van der Waals surface area (Å²) in [6.07, 6.45) is 0.962. The normalized spacial score (nSPS) is 21.7. The predicted molar refractivity (Wildman–Crippen MR) is 74.0 cm³/mol. The molecule has 1 amide bonds. The van der Waals surface area contributed by atoms with Gasteiger partial charge in [0, 0.05) is 19.1 Å². The molecule has 1 saturated heterocycles. The van der Waals surface area contributed by atoms with Crippen LogP contribution < -0.4 is 5.32 Å². The van der Waals surface area contributed by atoms with Gasteiger partial charge in [-0.1, -0.05) is 17.7 Å². The average Bonchev–Trinajstić information content (AvgIpc) is 2.80. The number of nitrogens with one attached hydrogen (secondary N) is 1. The lowest BCUT2D eigenvalue weighted by Crippen LogP contribution is -2.32.